The number of hydrogen-bond acceptors (Lipinski definition) is 2. The molecule has 2 nitrogen and oxygen atoms in total. The minimum absolute atomic E-state index is 0.639. The first-order valence-electron chi connectivity index (χ1n) is 8.11. The molecule has 0 aromatic heterocycles. The molecule has 1 aliphatic heterocycles. The van der Waals surface area contributed by atoms with Crippen molar-refractivity contribution in [1.29, 1.82) is 0 Å². The fraction of sp³-hybridized carbons (Fsp3) is 1.00. The highest BCUT2D eigenvalue weighted by atomic mass is 15.0. The van der Waals surface area contributed by atoms with Gasteiger partial charge in [-0.25, -0.2) is 0 Å². The van der Waals surface area contributed by atoms with Crippen LogP contribution in [0.5, 0.6) is 0 Å². The molecule has 2 N–H and O–H groups in total. The summed E-state index contributed by atoms with van der Waals surface area (Å²) < 4.78 is 0. The normalized spacial score (nSPS) is 26.3. The van der Waals surface area contributed by atoms with Crippen LogP contribution in [0, 0.1) is 5.92 Å². The summed E-state index contributed by atoms with van der Waals surface area (Å²) in [5, 5.41) is 7.47. The van der Waals surface area contributed by atoms with E-state index >= 15 is 0 Å². The largest absolute Gasteiger partial charge is 0.314 e. The van der Waals surface area contributed by atoms with Crippen molar-refractivity contribution < 1.29 is 0 Å². The third-order valence-electron chi connectivity index (χ3n) is 4.32. The zero-order valence-electron chi connectivity index (χ0n) is 13.0. The van der Waals surface area contributed by atoms with Crippen LogP contribution in [0.25, 0.3) is 0 Å². The Balaban J connectivity index is 2.20. The molecule has 1 heterocycles. The van der Waals surface area contributed by atoms with Gasteiger partial charge in [-0.2, -0.15) is 0 Å². The van der Waals surface area contributed by atoms with Gasteiger partial charge < -0.3 is 10.6 Å². The summed E-state index contributed by atoms with van der Waals surface area (Å²) in [7, 11) is 0. The predicted molar refractivity (Wildman–Crippen MR) is 81.0 cm³/mol. The second-order valence-electron chi connectivity index (χ2n) is 6.45. The van der Waals surface area contributed by atoms with Crippen molar-refractivity contribution in [1.82, 2.24) is 10.6 Å². The molecule has 18 heavy (non-hydrogen) atoms. The monoisotopic (exact) mass is 254 g/mol. The molecule has 1 fully saturated rings. The van der Waals surface area contributed by atoms with E-state index in [9.17, 15) is 0 Å². The predicted octanol–water partition coefficient (Wildman–Crippen LogP) is 3.71. The SMILES string of the molecule is CCC(C)CC(C)NC(C)CC1CCCCCN1. The van der Waals surface area contributed by atoms with E-state index in [0.29, 0.717) is 12.1 Å². The van der Waals surface area contributed by atoms with E-state index in [-0.39, 0.29) is 0 Å². The summed E-state index contributed by atoms with van der Waals surface area (Å²) in [5.41, 5.74) is 0. The lowest BCUT2D eigenvalue weighted by molar-refractivity contribution is 0.343. The van der Waals surface area contributed by atoms with Gasteiger partial charge in [0, 0.05) is 18.1 Å². The molecule has 0 aliphatic carbocycles. The fourth-order valence-electron chi connectivity index (χ4n) is 3.12. The lowest BCUT2D eigenvalue weighted by Gasteiger charge is -2.26. The topological polar surface area (TPSA) is 24.1 Å². The summed E-state index contributed by atoms with van der Waals surface area (Å²) in [6.45, 7) is 10.6. The Kier molecular flexibility index (Phi) is 7.92. The van der Waals surface area contributed by atoms with Crippen LogP contribution >= 0.6 is 0 Å². The zero-order valence-corrected chi connectivity index (χ0v) is 13.0. The standard InChI is InChI=1S/C16H34N2/c1-5-13(2)11-14(3)18-15(4)12-16-9-7-6-8-10-17-16/h13-18H,5-12H2,1-4H3. The molecule has 0 spiro atoms. The third kappa shape index (κ3) is 6.75. The molecule has 0 bridgehead atoms. The Bertz CT molecular complexity index is 197. The maximum atomic E-state index is 3.77. The van der Waals surface area contributed by atoms with Crippen molar-refractivity contribution in [3.8, 4) is 0 Å². The van der Waals surface area contributed by atoms with Crippen LogP contribution in [0.1, 0.15) is 72.6 Å². The summed E-state index contributed by atoms with van der Waals surface area (Å²) >= 11 is 0. The number of nitrogens with one attached hydrogen (secondary N) is 2. The van der Waals surface area contributed by atoms with Gasteiger partial charge in [0.2, 0.25) is 0 Å². The Morgan fingerprint density at radius 1 is 1.11 bits per heavy atom. The van der Waals surface area contributed by atoms with E-state index in [1.807, 2.05) is 0 Å². The molecule has 4 atom stereocenters. The van der Waals surface area contributed by atoms with Crippen molar-refractivity contribution in [3.63, 3.8) is 0 Å². The zero-order chi connectivity index (χ0) is 13.4. The number of rotatable bonds is 7. The Morgan fingerprint density at radius 2 is 1.89 bits per heavy atom. The summed E-state index contributed by atoms with van der Waals surface area (Å²) in [6, 6.07) is 2.03. The van der Waals surface area contributed by atoms with Crippen molar-refractivity contribution >= 4 is 0 Å². The Morgan fingerprint density at radius 3 is 2.61 bits per heavy atom. The molecule has 1 rings (SSSR count). The summed E-state index contributed by atoms with van der Waals surface area (Å²) in [4.78, 5) is 0. The van der Waals surface area contributed by atoms with Gasteiger partial charge in [-0.3, -0.25) is 0 Å². The summed E-state index contributed by atoms with van der Waals surface area (Å²) in [6.07, 6.45) is 9.44. The van der Waals surface area contributed by atoms with Crippen LogP contribution in [-0.2, 0) is 0 Å². The highest BCUT2D eigenvalue weighted by molar-refractivity contribution is 4.78. The fourth-order valence-corrected chi connectivity index (χ4v) is 3.12. The molecule has 108 valence electrons. The molecule has 2 heteroatoms. The van der Waals surface area contributed by atoms with E-state index < -0.39 is 0 Å². The Labute approximate surface area is 114 Å². The average molecular weight is 254 g/mol. The third-order valence-corrected chi connectivity index (χ3v) is 4.32. The minimum atomic E-state index is 0.639. The van der Waals surface area contributed by atoms with Crippen LogP contribution < -0.4 is 10.6 Å². The van der Waals surface area contributed by atoms with Gasteiger partial charge in [0.15, 0.2) is 0 Å². The van der Waals surface area contributed by atoms with Crippen molar-refractivity contribution in [2.45, 2.75) is 90.8 Å². The van der Waals surface area contributed by atoms with Crippen LogP contribution in [-0.4, -0.2) is 24.7 Å². The van der Waals surface area contributed by atoms with Gasteiger partial charge in [0.25, 0.3) is 0 Å². The lowest BCUT2D eigenvalue weighted by atomic mass is 9.98. The van der Waals surface area contributed by atoms with Gasteiger partial charge >= 0.3 is 0 Å². The van der Waals surface area contributed by atoms with Crippen LogP contribution in [0.15, 0.2) is 0 Å². The molecule has 4 unspecified atom stereocenters. The first-order valence-corrected chi connectivity index (χ1v) is 8.11. The maximum Gasteiger partial charge on any atom is 0.00817 e. The summed E-state index contributed by atoms with van der Waals surface area (Å²) in [5.74, 6) is 0.843. The lowest BCUT2D eigenvalue weighted by Crippen LogP contribution is -2.40. The average Bonchev–Trinajstić information content (AvgIpc) is 2.57. The molecular weight excluding hydrogens is 220 g/mol. The van der Waals surface area contributed by atoms with Crippen molar-refractivity contribution in [2.75, 3.05) is 6.54 Å². The first kappa shape index (κ1) is 16.0. The molecule has 0 aromatic rings. The quantitative estimate of drug-likeness (QED) is 0.723. The van der Waals surface area contributed by atoms with E-state index in [0.717, 1.165) is 12.0 Å². The maximum absolute atomic E-state index is 3.77. The minimum Gasteiger partial charge on any atom is -0.314 e. The van der Waals surface area contributed by atoms with E-state index in [4.69, 9.17) is 0 Å². The van der Waals surface area contributed by atoms with Gasteiger partial charge in [-0.05, 0) is 52.0 Å². The smallest absolute Gasteiger partial charge is 0.00817 e. The van der Waals surface area contributed by atoms with E-state index in [1.165, 1.54) is 51.5 Å². The molecule has 0 radical (unpaired) electrons. The molecule has 1 aliphatic rings. The van der Waals surface area contributed by atoms with Crippen LogP contribution in [0.2, 0.25) is 0 Å². The van der Waals surface area contributed by atoms with Gasteiger partial charge in [-0.15, -0.1) is 0 Å². The van der Waals surface area contributed by atoms with Crippen LogP contribution in [0.4, 0.5) is 0 Å². The second-order valence-corrected chi connectivity index (χ2v) is 6.45. The Hall–Kier alpha value is -0.0800. The van der Waals surface area contributed by atoms with Crippen molar-refractivity contribution in [2.24, 2.45) is 5.92 Å². The molecule has 0 saturated carbocycles. The van der Waals surface area contributed by atoms with E-state index in [2.05, 4.69) is 38.3 Å². The van der Waals surface area contributed by atoms with Crippen molar-refractivity contribution in [3.05, 3.63) is 0 Å². The highest BCUT2D eigenvalue weighted by Gasteiger charge is 2.16. The van der Waals surface area contributed by atoms with Gasteiger partial charge in [-0.1, -0.05) is 33.1 Å². The van der Waals surface area contributed by atoms with Gasteiger partial charge in [0.1, 0.15) is 0 Å². The molecule has 0 aromatic carbocycles. The highest BCUT2D eigenvalue weighted by Crippen LogP contribution is 2.14. The number of hydrogen-bond donors (Lipinski definition) is 2. The van der Waals surface area contributed by atoms with E-state index in [1.54, 1.807) is 0 Å². The first-order chi connectivity index (χ1) is 8.61. The van der Waals surface area contributed by atoms with Crippen LogP contribution in [0.3, 0.4) is 0 Å². The second kappa shape index (κ2) is 8.92. The molecule has 0 amide bonds. The van der Waals surface area contributed by atoms with Gasteiger partial charge in [0.05, 0.1) is 0 Å². The molecule has 1 saturated heterocycles. The molecular formula is C16H34N2.